The van der Waals surface area contributed by atoms with Crippen LogP contribution in [-0.2, 0) is 0 Å². The maximum Gasteiger partial charge on any atom is 0.274 e. The first kappa shape index (κ1) is 19.7. The van der Waals surface area contributed by atoms with Gasteiger partial charge in [0, 0.05) is 41.2 Å². The normalized spacial score (nSPS) is 10.2. The number of carbonyl (C=O) groups excluding carboxylic acids is 2. The molecule has 31 heavy (non-hydrogen) atoms. The molecular weight excluding hydrogens is 392 g/mol. The average molecular weight is 410 g/mol. The van der Waals surface area contributed by atoms with E-state index in [2.05, 4.69) is 30.9 Å². The minimum atomic E-state index is -0.397. The number of nitrogens with one attached hydrogen (secondary N) is 3. The molecule has 2 heterocycles. The van der Waals surface area contributed by atoms with Crippen molar-refractivity contribution >= 4 is 34.8 Å². The summed E-state index contributed by atoms with van der Waals surface area (Å²) in [5, 5.41) is 8.62. The molecule has 0 saturated heterocycles. The van der Waals surface area contributed by atoms with Gasteiger partial charge in [-0.3, -0.25) is 14.6 Å². The highest BCUT2D eigenvalue weighted by Gasteiger charge is 2.11. The van der Waals surface area contributed by atoms with Crippen LogP contribution in [0, 0.1) is 0 Å². The Morgan fingerprint density at radius 1 is 0.677 bits per heavy atom. The Morgan fingerprint density at radius 3 is 2.13 bits per heavy atom. The molecule has 8 nitrogen and oxygen atoms in total. The lowest BCUT2D eigenvalue weighted by molar-refractivity contribution is 0.101. The molecule has 0 aliphatic carbocycles. The van der Waals surface area contributed by atoms with Crippen molar-refractivity contribution in [2.45, 2.75) is 0 Å². The van der Waals surface area contributed by atoms with Gasteiger partial charge in [-0.2, -0.15) is 0 Å². The zero-order valence-corrected chi connectivity index (χ0v) is 16.3. The third-order valence-electron chi connectivity index (χ3n) is 4.24. The number of amides is 2. The number of anilines is 4. The summed E-state index contributed by atoms with van der Waals surface area (Å²) < 4.78 is 0. The van der Waals surface area contributed by atoms with Crippen LogP contribution in [0.1, 0.15) is 20.8 Å². The molecule has 0 unspecified atom stereocenters. The van der Waals surface area contributed by atoms with Gasteiger partial charge in [0.05, 0.1) is 0 Å². The summed E-state index contributed by atoms with van der Waals surface area (Å²) in [6.45, 7) is 0. The fourth-order valence-corrected chi connectivity index (χ4v) is 2.77. The first-order valence-electron chi connectivity index (χ1n) is 9.45. The molecule has 2 aromatic carbocycles. The van der Waals surface area contributed by atoms with Gasteiger partial charge in [0.15, 0.2) is 0 Å². The third kappa shape index (κ3) is 5.27. The fraction of sp³-hybridized carbons (Fsp3) is 0. The van der Waals surface area contributed by atoms with E-state index in [4.69, 9.17) is 0 Å². The van der Waals surface area contributed by atoms with Crippen LogP contribution < -0.4 is 16.0 Å². The lowest BCUT2D eigenvalue weighted by Crippen LogP contribution is -2.15. The second kappa shape index (κ2) is 9.27. The SMILES string of the molecule is O=C(Nc1cccc(NC(=O)c2ccnc(Nc3ccncc3)n2)c1)c1ccccc1. The minimum Gasteiger partial charge on any atom is -0.324 e. The van der Waals surface area contributed by atoms with Crippen molar-refractivity contribution in [3.8, 4) is 0 Å². The number of benzene rings is 2. The summed E-state index contributed by atoms with van der Waals surface area (Å²) >= 11 is 0. The Morgan fingerprint density at radius 2 is 1.39 bits per heavy atom. The Kier molecular flexibility index (Phi) is 5.90. The van der Waals surface area contributed by atoms with Crippen LogP contribution >= 0.6 is 0 Å². The van der Waals surface area contributed by atoms with E-state index in [0.717, 1.165) is 5.69 Å². The molecule has 4 rings (SSSR count). The molecule has 0 aliphatic rings. The molecule has 4 aromatic rings. The number of nitrogens with zero attached hydrogens (tertiary/aromatic N) is 3. The zero-order valence-electron chi connectivity index (χ0n) is 16.3. The van der Waals surface area contributed by atoms with Crippen LogP contribution in [0.3, 0.4) is 0 Å². The standard InChI is InChI=1S/C23H18N6O2/c30-21(16-5-2-1-3-6-16)26-18-7-4-8-19(15-18)27-22(31)20-11-14-25-23(29-20)28-17-9-12-24-13-10-17/h1-15H,(H,26,30)(H,27,31)(H,24,25,28,29). The third-order valence-corrected chi connectivity index (χ3v) is 4.24. The van der Waals surface area contributed by atoms with E-state index in [0.29, 0.717) is 22.9 Å². The van der Waals surface area contributed by atoms with Gasteiger partial charge in [-0.05, 0) is 48.5 Å². The molecule has 0 fully saturated rings. The first-order chi connectivity index (χ1) is 15.2. The first-order valence-corrected chi connectivity index (χ1v) is 9.45. The van der Waals surface area contributed by atoms with Gasteiger partial charge in [-0.25, -0.2) is 9.97 Å². The molecule has 3 N–H and O–H groups in total. The van der Waals surface area contributed by atoms with E-state index >= 15 is 0 Å². The summed E-state index contributed by atoms with van der Waals surface area (Å²) in [6, 6.07) is 20.9. The Balaban J connectivity index is 1.43. The number of carbonyl (C=O) groups is 2. The van der Waals surface area contributed by atoms with Gasteiger partial charge < -0.3 is 16.0 Å². The van der Waals surface area contributed by atoms with Crippen molar-refractivity contribution in [2.24, 2.45) is 0 Å². The predicted octanol–water partition coefficient (Wildman–Crippen LogP) is 4.12. The molecule has 152 valence electrons. The molecule has 2 aromatic heterocycles. The lowest BCUT2D eigenvalue weighted by Gasteiger charge is -2.09. The molecule has 8 heteroatoms. The number of hydrogen-bond acceptors (Lipinski definition) is 6. The fourth-order valence-electron chi connectivity index (χ4n) is 2.77. The highest BCUT2D eigenvalue weighted by molar-refractivity contribution is 6.05. The van der Waals surface area contributed by atoms with Crippen molar-refractivity contribution < 1.29 is 9.59 Å². The van der Waals surface area contributed by atoms with E-state index in [9.17, 15) is 9.59 Å². The van der Waals surface area contributed by atoms with Crippen molar-refractivity contribution in [3.63, 3.8) is 0 Å². The average Bonchev–Trinajstić information content (AvgIpc) is 2.81. The lowest BCUT2D eigenvalue weighted by atomic mass is 10.2. The topological polar surface area (TPSA) is 109 Å². The Hall–Kier alpha value is -4.59. The van der Waals surface area contributed by atoms with Crippen LogP contribution in [0.5, 0.6) is 0 Å². The van der Waals surface area contributed by atoms with Crippen molar-refractivity contribution in [1.29, 1.82) is 0 Å². The number of pyridine rings is 1. The molecule has 0 saturated carbocycles. The predicted molar refractivity (Wildman–Crippen MR) is 118 cm³/mol. The van der Waals surface area contributed by atoms with Gasteiger partial charge in [-0.15, -0.1) is 0 Å². The quantitative estimate of drug-likeness (QED) is 0.441. The monoisotopic (exact) mass is 410 g/mol. The van der Waals surface area contributed by atoms with Crippen molar-refractivity contribution in [1.82, 2.24) is 15.0 Å². The molecule has 0 spiro atoms. The van der Waals surface area contributed by atoms with Gasteiger partial charge >= 0.3 is 0 Å². The highest BCUT2D eigenvalue weighted by Crippen LogP contribution is 2.17. The van der Waals surface area contributed by atoms with Gasteiger partial charge in [0.2, 0.25) is 5.95 Å². The van der Waals surface area contributed by atoms with Crippen LogP contribution in [-0.4, -0.2) is 26.8 Å². The van der Waals surface area contributed by atoms with Crippen LogP contribution in [0.25, 0.3) is 0 Å². The van der Waals surface area contributed by atoms with E-state index in [1.807, 2.05) is 6.07 Å². The second-order valence-electron chi connectivity index (χ2n) is 6.48. The number of rotatable bonds is 6. The Bertz CT molecular complexity index is 1200. The van der Waals surface area contributed by atoms with E-state index < -0.39 is 5.91 Å². The summed E-state index contributed by atoms with van der Waals surface area (Å²) in [6.07, 6.45) is 4.78. The number of hydrogen-bond donors (Lipinski definition) is 3. The maximum atomic E-state index is 12.6. The molecular formula is C23H18N6O2. The highest BCUT2D eigenvalue weighted by atomic mass is 16.2. The van der Waals surface area contributed by atoms with Crippen molar-refractivity contribution in [3.05, 3.63) is 103 Å². The molecule has 0 atom stereocenters. The summed E-state index contributed by atoms with van der Waals surface area (Å²) in [7, 11) is 0. The number of aromatic nitrogens is 3. The minimum absolute atomic E-state index is 0.199. The van der Waals surface area contributed by atoms with E-state index in [-0.39, 0.29) is 11.6 Å². The summed E-state index contributed by atoms with van der Waals surface area (Å²) in [5.41, 5.74) is 2.60. The molecule has 0 bridgehead atoms. The molecule has 0 radical (unpaired) electrons. The van der Waals surface area contributed by atoms with E-state index in [1.54, 1.807) is 73.1 Å². The molecule has 0 aliphatic heterocycles. The smallest absolute Gasteiger partial charge is 0.274 e. The largest absolute Gasteiger partial charge is 0.324 e. The van der Waals surface area contributed by atoms with Gasteiger partial charge in [0.1, 0.15) is 5.69 Å². The van der Waals surface area contributed by atoms with Gasteiger partial charge in [-0.1, -0.05) is 24.3 Å². The van der Waals surface area contributed by atoms with Crippen LogP contribution in [0.2, 0.25) is 0 Å². The van der Waals surface area contributed by atoms with Crippen LogP contribution in [0.15, 0.2) is 91.4 Å². The molecule has 2 amide bonds. The van der Waals surface area contributed by atoms with Crippen LogP contribution in [0.4, 0.5) is 23.0 Å². The second-order valence-corrected chi connectivity index (χ2v) is 6.48. The van der Waals surface area contributed by atoms with Crippen molar-refractivity contribution in [2.75, 3.05) is 16.0 Å². The Labute approximate surface area is 178 Å². The summed E-state index contributed by atoms with van der Waals surface area (Å²) in [5.74, 6) is -0.332. The summed E-state index contributed by atoms with van der Waals surface area (Å²) in [4.78, 5) is 37.3. The zero-order chi connectivity index (χ0) is 21.5. The maximum absolute atomic E-state index is 12.6. The van der Waals surface area contributed by atoms with Gasteiger partial charge in [0.25, 0.3) is 11.8 Å². The van der Waals surface area contributed by atoms with E-state index in [1.165, 1.54) is 12.3 Å².